The van der Waals surface area contributed by atoms with Crippen LogP contribution >= 0.6 is 19.8 Å². The average Bonchev–Trinajstić information content (AvgIpc) is 1.99. The number of nitrogens with two attached hydrogens (primary N) is 2. The summed E-state index contributed by atoms with van der Waals surface area (Å²) in [6.45, 7) is 0. The van der Waals surface area contributed by atoms with E-state index in [0.717, 1.165) is 12.1 Å². The number of hydrogen-bond acceptors (Lipinski definition) is 4. The molecule has 0 fully saturated rings. The molecule has 0 radical (unpaired) electrons. The second-order valence-corrected chi connectivity index (χ2v) is 5.95. The van der Waals surface area contributed by atoms with E-state index in [1.165, 1.54) is 0 Å². The van der Waals surface area contributed by atoms with Gasteiger partial charge >= 0.3 is 19.8 Å². The van der Waals surface area contributed by atoms with Crippen LogP contribution < -0.4 is 10.3 Å². The molecule has 4 N–H and O–H groups in total. The van der Waals surface area contributed by atoms with Crippen molar-refractivity contribution in [2.75, 3.05) is 0 Å². The molecule has 0 saturated heterocycles. The van der Waals surface area contributed by atoms with Gasteiger partial charge in [0.2, 0.25) is 0 Å². The second kappa shape index (κ2) is 6.12. The van der Waals surface area contributed by atoms with Crippen LogP contribution in [0.4, 0.5) is 8.78 Å². The lowest BCUT2D eigenvalue weighted by Gasteiger charge is -1.90. The fraction of sp³-hybridized carbons (Fsp3) is 0. The maximum atomic E-state index is 12.5. The maximum absolute atomic E-state index is 12.5. The Morgan fingerprint density at radius 1 is 1.12 bits per heavy atom. The molecule has 0 spiro atoms. The van der Waals surface area contributed by atoms with Gasteiger partial charge in [-0.05, 0) is 12.1 Å². The molecule has 0 saturated carbocycles. The summed E-state index contributed by atoms with van der Waals surface area (Å²) < 4.78 is 63.3. The highest BCUT2D eigenvalue weighted by Gasteiger charge is 2.06. The van der Waals surface area contributed by atoms with Gasteiger partial charge in [-0.25, -0.2) is 25.2 Å². The molecule has 0 aliphatic carbocycles. The molecule has 1 aromatic rings. The number of benzene rings is 1. The van der Waals surface area contributed by atoms with Crippen LogP contribution in [-0.2, 0) is 16.3 Å². The topological polar surface area (TPSA) is 120 Å². The zero-order chi connectivity index (χ0) is 12.9. The number of halogens is 3. The van der Waals surface area contributed by atoms with Crippen molar-refractivity contribution in [2.24, 2.45) is 10.3 Å². The van der Waals surface area contributed by atoms with Crippen LogP contribution in [0.5, 0.6) is 0 Å². The van der Waals surface area contributed by atoms with E-state index in [0.29, 0.717) is 6.07 Å². The van der Waals surface area contributed by atoms with Crippen LogP contribution in [0.2, 0.25) is 0 Å². The highest BCUT2D eigenvalue weighted by molar-refractivity contribution is 14.2. The van der Waals surface area contributed by atoms with Crippen molar-refractivity contribution in [2.45, 2.75) is 0 Å². The number of hydrogen-bond donors (Lipinski definition) is 2. The molecule has 0 aliphatic rings. The molecule has 0 heterocycles. The van der Waals surface area contributed by atoms with Gasteiger partial charge in [0.1, 0.15) is 15.2 Å². The van der Waals surface area contributed by atoms with Gasteiger partial charge in [0, 0.05) is 6.07 Å². The predicted molar refractivity (Wildman–Crippen MR) is 57.7 cm³/mol. The standard InChI is InChI=1S/C6H3F2IO2.H4N2O2S/c7-4-1-2-6(9(10)11)5(8)3-4;1-5(2,3)4/h1-3H;(H4,1,2,3,4). The Hall–Kier alpha value is -0.720. The molecule has 10 heteroatoms. The molecule has 1 rings (SSSR count). The van der Waals surface area contributed by atoms with E-state index in [1.807, 2.05) is 0 Å². The Morgan fingerprint density at radius 2 is 1.56 bits per heavy atom. The maximum Gasteiger partial charge on any atom is 0.343 e. The summed E-state index contributed by atoms with van der Waals surface area (Å²) in [5.41, 5.74) is 0. The molecule has 0 aromatic heterocycles. The predicted octanol–water partition coefficient (Wildman–Crippen LogP) is 0.480. The molecule has 0 aliphatic heterocycles. The minimum absolute atomic E-state index is 0.393. The Balaban J connectivity index is 0.000000385. The van der Waals surface area contributed by atoms with Crippen molar-refractivity contribution in [3.8, 4) is 0 Å². The first-order chi connectivity index (χ1) is 7.11. The van der Waals surface area contributed by atoms with Crippen molar-refractivity contribution < 1.29 is 23.3 Å². The third-order valence-corrected chi connectivity index (χ3v) is 2.87. The zero-order valence-corrected chi connectivity index (χ0v) is 10.5. The molecular formula is C6H7F2IN2O4S. The zero-order valence-electron chi connectivity index (χ0n) is 7.56. The fourth-order valence-corrected chi connectivity index (χ4v) is 1.65. The summed E-state index contributed by atoms with van der Waals surface area (Å²) in [7, 11) is -3.67. The van der Waals surface area contributed by atoms with E-state index >= 15 is 0 Å². The Morgan fingerprint density at radius 3 is 1.88 bits per heavy atom. The lowest BCUT2D eigenvalue weighted by molar-refractivity contribution is 0.576. The first-order valence-corrected chi connectivity index (χ1v) is 7.87. The van der Waals surface area contributed by atoms with Crippen LogP contribution in [-0.4, -0.2) is 8.42 Å². The summed E-state index contributed by atoms with van der Waals surface area (Å²) in [5, 5.41) is 8.21. The van der Waals surface area contributed by atoms with E-state index in [4.69, 9.17) is 0 Å². The minimum Gasteiger partial charge on any atom is -0.230 e. The van der Waals surface area contributed by atoms with Crippen LogP contribution in [0.1, 0.15) is 0 Å². The van der Waals surface area contributed by atoms with Crippen molar-refractivity contribution in [1.29, 1.82) is 0 Å². The molecule has 16 heavy (non-hydrogen) atoms. The molecule has 0 bridgehead atoms. The molecule has 0 amide bonds. The van der Waals surface area contributed by atoms with E-state index in [1.54, 1.807) is 0 Å². The van der Waals surface area contributed by atoms with Gasteiger partial charge in [-0.3, -0.25) is 0 Å². The van der Waals surface area contributed by atoms with Gasteiger partial charge in [0.15, 0.2) is 0 Å². The van der Waals surface area contributed by atoms with E-state index in [-0.39, 0.29) is 0 Å². The molecule has 6 nitrogen and oxygen atoms in total. The second-order valence-electron chi connectivity index (χ2n) is 2.36. The summed E-state index contributed by atoms with van der Waals surface area (Å²) in [4.78, 5) is 0. The molecule has 0 atom stereocenters. The Bertz CT molecular complexity index is 527. The van der Waals surface area contributed by atoms with Crippen molar-refractivity contribution in [3.63, 3.8) is 0 Å². The van der Waals surface area contributed by atoms with Crippen LogP contribution in [0.15, 0.2) is 18.2 Å². The molecule has 92 valence electrons. The quantitative estimate of drug-likeness (QED) is 0.553. The van der Waals surface area contributed by atoms with Crippen LogP contribution in [0.3, 0.4) is 0 Å². The first kappa shape index (κ1) is 15.3. The van der Waals surface area contributed by atoms with Gasteiger partial charge in [-0.2, -0.15) is 8.42 Å². The SMILES string of the molecule is NS(N)(=O)=O.O=I(=O)c1ccc(F)cc1F. The van der Waals surface area contributed by atoms with E-state index in [2.05, 4.69) is 10.3 Å². The Kier molecular flexibility index (Phi) is 5.85. The summed E-state index contributed by atoms with van der Waals surface area (Å²) in [6, 6.07) is 2.39. The smallest absolute Gasteiger partial charge is 0.230 e. The average molecular weight is 368 g/mol. The van der Waals surface area contributed by atoms with Gasteiger partial charge in [0.05, 0.1) is 0 Å². The van der Waals surface area contributed by atoms with Gasteiger partial charge in [-0.1, -0.05) is 0 Å². The van der Waals surface area contributed by atoms with Crippen molar-refractivity contribution >= 4 is 30.0 Å². The molecule has 1 aromatic carbocycles. The van der Waals surface area contributed by atoms with E-state index < -0.39 is 45.2 Å². The molecular weight excluding hydrogens is 361 g/mol. The normalized spacial score (nSPS) is 10.8. The van der Waals surface area contributed by atoms with Crippen LogP contribution in [0.25, 0.3) is 0 Å². The monoisotopic (exact) mass is 368 g/mol. The van der Waals surface area contributed by atoms with Crippen LogP contribution in [0, 0.1) is 15.2 Å². The largest absolute Gasteiger partial charge is 0.343 e. The summed E-state index contributed by atoms with van der Waals surface area (Å²) >= 11 is -3.79. The van der Waals surface area contributed by atoms with Gasteiger partial charge in [0.25, 0.3) is 10.2 Å². The highest BCUT2D eigenvalue weighted by atomic mass is 127. The summed E-state index contributed by atoms with van der Waals surface area (Å²) in [6.07, 6.45) is 0. The highest BCUT2D eigenvalue weighted by Crippen LogP contribution is 2.20. The minimum atomic E-state index is -3.79. The molecule has 0 unspecified atom stereocenters. The third-order valence-electron chi connectivity index (χ3n) is 1.05. The van der Waals surface area contributed by atoms with E-state index in [9.17, 15) is 23.3 Å². The summed E-state index contributed by atoms with van der Waals surface area (Å²) in [5.74, 6) is -1.79. The fourth-order valence-electron chi connectivity index (χ4n) is 0.596. The number of rotatable bonds is 1. The third kappa shape index (κ3) is 7.56. The van der Waals surface area contributed by atoms with Gasteiger partial charge < -0.3 is 0 Å². The van der Waals surface area contributed by atoms with Gasteiger partial charge in [-0.15, -0.1) is 0 Å². The van der Waals surface area contributed by atoms with Crippen molar-refractivity contribution in [1.82, 2.24) is 0 Å². The van der Waals surface area contributed by atoms with Crippen molar-refractivity contribution in [3.05, 3.63) is 33.4 Å². The lowest BCUT2D eigenvalue weighted by Crippen LogP contribution is -2.21. The lowest BCUT2D eigenvalue weighted by atomic mass is 10.3. The first-order valence-electron chi connectivity index (χ1n) is 3.42. The Labute approximate surface area is 97.0 Å².